The number of rotatable bonds is 4. The average molecular weight is 335 g/mol. The highest BCUT2D eigenvalue weighted by molar-refractivity contribution is 5.91. The molecule has 1 aliphatic carbocycles. The van der Waals surface area contributed by atoms with Gasteiger partial charge in [0.05, 0.1) is 11.6 Å². The second kappa shape index (κ2) is 6.55. The van der Waals surface area contributed by atoms with E-state index in [9.17, 15) is 4.79 Å². The number of benzene rings is 1. The summed E-state index contributed by atoms with van der Waals surface area (Å²) in [5.41, 5.74) is 3.06. The summed E-state index contributed by atoms with van der Waals surface area (Å²) in [5.74, 6) is 1.07. The first-order valence-corrected chi connectivity index (χ1v) is 8.67. The lowest BCUT2D eigenvalue weighted by Gasteiger charge is -2.24. The number of urea groups is 1. The molecule has 0 spiro atoms. The van der Waals surface area contributed by atoms with E-state index in [4.69, 9.17) is 0 Å². The van der Waals surface area contributed by atoms with Crippen LogP contribution in [0.5, 0.6) is 0 Å². The third kappa shape index (κ3) is 3.20. The number of nitrogens with zero attached hydrogens (tertiary/aromatic N) is 2. The number of hydrogen-bond donors (Lipinski definition) is 3. The van der Waals surface area contributed by atoms with E-state index in [1.54, 1.807) is 12.3 Å². The zero-order valence-electron chi connectivity index (χ0n) is 14.1. The minimum absolute atomic E-state index is 0.0828. The molecule has 2 aromatic heterocycles. The van der Waals surface area contributed by atoms with Crippen LogP contribution in [0.4, 0.5) is 10.6 Å². The quantitative estimate of drug-likeness (QED) is 0.671. The monoisotopic (exact) mass is 335 g/mol. The van der Waals surface area contributed by atoms with Crippen molar-refractivity contribution >= 4 is 22.8 Å². The fraction of sp³-hybridized carbons (Fsp3) is 0.316. The number of hydrogen-bond acceptors (Lipinski definition) is 3. The fourth-order valence-corrected chi connectivity index (χ4v) is 3.18. The van der Waals surface area contributed by atoms with Crippen LogP contribution in [0, 0.1) is 0 Å². The van der Waals surface area contributed by atoms with Gasteiger partial charge in [-0.2, -0.15) is 5.10 Å². The van der Waals surface area contributed by atoms with Crippen LogP contribution in [0.25, 0.3) is 10.9 Å². The summed E-state index contributed by atoms with van der Waals surface area (Å²) in [6.07, 6.45) is 5.48. The smallest absolute Gasteiger partial charge is 0.320 e. The molecule has 3 aromatic rings. The minimum Gasteiger partial charge on any atom is -0.331 e. The van der Waals surface area contributed by atoms with Gasteiger partial charge in [0.2, 0.25) is 0 Å². The van der Waals surface area contributed by atoms with Gasteiger partial charge in [-0.05, 0) is 25.3 Å². The lowest BCUT2D eigenvalue weighted by atomic mass is 9.82. The Hall–Kier alpha value is -2.89. The molecule has 1 saturated carbocycles. The summed E-state index contributed by atoms with van der Waals surface area (Å²) in [7, 11) is 0. The Morgan fingerprint density at radius 1 is 1.28 bits per heavy atom. The van der Waals surface area contributed by atoms with Gasteiger partial charge in [0.1, 0.15) is 5.82 Å². The van der Waals surface area contributed by atoms with Crippen LogP contribution in [-0.4, -0.2) is 21.2 Å². The van der Waals surface area contributed by atoms with E-state index < -0.39 is 0 Å². The second-order valence-corrected chi connectivity index (χ2v) is 6.58. The lowest BCUT2D eigenvalue weighted by Crippen LogP contribution is -2.31. The first-order valence-electron chi connectivity index (χ1n) is 8.67. The molecule has 0 aliphatic heterocycles. The van der Waals surface area contributed by atoms with Crippen molar-refractivity contribution in [2.45, 2.75) is 38.1 Å². The highest BCUT2D eigenvalue weighted by atomic mass is 16.2. The normalized spacial score (nSPS) is 15.6. The number of aromatic nitrogens is 3. The molecule has 128 valence electrons. The van der Waals surface area contributed by atoms with E-state index in [1.807, 2.05) is 37.3 Å². The van der Waals surface area contributed by atoms with E-state index in [2.05, 4.69) is 25.8 Å². The van der Waals surface area contributed by atoms with Gasteiger partial charge in [-0.1, -0.05) is 36.8 Å². The Morgan fingerprint density at radius 3 is 2.80 bits per heavy atom. The van der Waals surface area contributed by atoms with Crippen molar-refractivity contribution < 1.29 is 4.79 Å². The summed E-state index contributed by atoms with van der Waals surface area (Å²) in [6.45, 7) is 1.95. The average Bonchev–Trinajstić information content (AvgIpc) is 2.97. The van der Waals surface area contributed by atoms with Crippen LogP contribution in [0.3, 0.4) is 0 Å². The molecular formula is C19H21N5O. The summed E-state index contributed by atoms with van der Waals surface area (Å²) >= 11 is 0. The molecule has 1 fully saturated rings. The molecule has 1 unspecified atom stereocenters. The van der Waals surface area contributed by atoms with Crippen molar-refractivity contribution in [1.29, 1.82) is 0 Å². The first-order chi connectivity index (χ1) is 12.2. The molecule has 25 heavy (non-hydrogen) atoms. The topological polar surface area (TPSA) is 82.7 Å². The molecule has 6 heteroatoms. The fourth-order valence-electron chi connectivity index (χ4n) is 3.18. The molecule has 0 radical (unpaired) electrons. The van der Waals surface area contributed by atoms with Crippen molar-refractivity contribution in [2.24, 2.45) is 0 Å². The lowest BCUT2D eigenvalue weighted by molar-refractivity contribution is 0.249. The number of carbonyl (C=O) groups is 1. The van der Waals surface area contributed by atoms with Gasteiger partial charge in [-0.25, -0.2) is 9.78 Å². The van der Waals surface area contributed by atoms with Gasteiger partial charge >= 0.3 is 6.03 Å². The predicted molar refractivity (Wildman–Crippen MR) is 97.5 cm³/mol. The molecule has 1 aliphatic rings. The van der Waals surface area contributed by atoms with Crippen LogP contribution >= 0.6 is 0 Å². The molecule has 6 nitrogen and oxygen atoms in total. The Morgan fingerprint density at radius 2 is 2.08 bits per heavy atom. The predicted octanol–water partition coefficient (Wildman–Crippen LogP) is 4.11. The van der Waals surface area contributed by atoms with Crippen molar-refractivity contribution in [1.82, 2.24) is 20.5 Å². The number of carbonyl (C=O) groups excluding carboxylic acids is 1. The van der Waals surface area contributed by atoms with Crippen LogP contribution < -0.4 is 10.6 Å². The molecule has 2 heterocycles. The van der Waals surface area contributed by atoms with Gasteiger partial charge in [0.15, 0.2) is 0 Å². The number of anilines is 1. The molecule has 1 aromatic carbocycles. The zero-order valence-corrected chi connectivity index (χ0v) is 14.1. The molecule has 3 N–H and O–H groups in total. The molecular weight excluding hydrogens is 314 g/mol. The second-order valence-electron chi connectivity index (χ2n) is 6.58. The van der Waals surface area contributed by atoms with Crippen molar-refractivity contribution in [2.75, 3.05) is 5.32 Å². The molecule has 2 amide bonds. The van der Waals surface area contributed by atoms with E-state index in [0.29, 0.717) is 11.7 Å². The number of nitrogens with one attached hydrogen (secondary N) is 3. The SMILES string of the molecule is CC(NC(=O)Nc1cc2n[nH]c(C3CCC3)c2cn1)c1ccccc1. The third-order valence-electron chi connectivity index (χ3n) is 4.87. The van der Waals surface area contributed by atoms with Gasteiger partial charge in [-0.3, -0.25) is 10.4 Å². The van der Waals surface area contributed by atoms with Gasteiger partial charge in [-0.15, -0.1) is 0 Å². The van der Waals surface area contributed by atoms with E-state index in [0.717, 1.165) is 16.5 Å². The van der Waals surface area contributed by atoms with E-state index in [-0.39, 0.29) is 12.1 Å². The van der Waals surface area contributed by atoms with Gasteiger partial charge in [0, 0.05) is 29.3 Å². The standard InChI is InChI=1S/C19H21N5O/c1-12(13-6-3-2-4-7-13)21-19(25)22-17-10-16-15(11-20-17)18(24-23-16)14-8-5-9-14/h2-4,6-7,10-12,14H,5,8-9H2,1H3,(H,23,24)(H2,20,21,22,25). The van der Waals surface area contributed by atoms with E-state index in [1.165, 1.54) is 25.0 Å². The Kier molecular flexibility index (Phi) is 4.09. The summed E-state index contributed by atoms with van der Waals surface area (Å²) in [5, 5.41) is 14.2. The number of pyridine rings is 1. The number of fused-ring (bicyclic) bond motifs is 1. The van der Waals surface area contributed by atoms with Crippen LogP contribution in [0.2, 0.25) is 0 Å². The number of H-pyrrole nitrogens is 1. The molecule has 1 atom stereocenters. The summed E-state index contributed by atoms with van der Waals surface area (Å²) in [4.78, 5) is 16.6. The summed E-state index contributed by atoms with van der Waals surface area (Å²) in [6, 6.07) is 11.3. The van der Waals surface area contributed by atoms with Gasteiger partial charge < -0.3 is 5.32 Å². The number of aromatic amines is 1. The van der Waals surface area contributed by atoms with Crippen LogP contribution in [-0.2, 0) is 0 Å². The maximum absolute atomic E-state index is 12.2. The third-order valence-corrected chi connectivity index (χ3v) is 4.87. The Bertz CT molecular complexity index is 885. The Labute approximate surface area is 146 Å². The van der Waals surface area contributed by atoms with Gasteiger partial charge in [0.25, 0.3) is 0 Å². The van der Waals surface area contributed by atoms with Crippen LogP contribution in [0.15, 0.2) is 42.6 Å². The van der Waals surface area contributed by atoms with E-state index >= 15 is 0 Å². The zero-order chi connectivity index (χ0) is 17.2. The largest absolute Gasteiger partial charge is 0.331 e. The van der Waals surface area contributed by atoms with Crippen LogP contribution in [0.1, 0.15) is 49.4 Å². The maximum Gasteiger partial charge on any atom is 0.320 e. The van der Waals surface area contributed by atoms with Crippen molar-refractivity contribution in [3.05, 3.63) is 53.9 Å². The molecule has 4 rings (SSSR count). The minimum atomic E-state index is -0.280. The van der Waals surface area contributed by atoms with Crippen molar-refractivity contribution in [3.8, 4) is 0 Å². The summed E-state index contributed by atoms with van der Waals surface area (Å²) < 4.78 is 0. The first kappa shape index (κ1) is 15.6. The number of amides is 2. The highest BCUT2D eigenvalue weighted by Crippen LogP contribution is 2.38. The highest BCUT2D eigenvalue weighted by Gasteiger charge is 2.23. The molecule has 0 bridgehead atoms. The molecule has 0 saturated heterocycles. The Balaban J connectivity index is 1.44. The van der Waals surface area contributed by atoms with Crippen molar-refractivity contribution in [3.63, 3.8) is 0 Å². The maximum atomic E-state index is 12.2.